The van der Waals surface area contributed by atoms with Crippen LogP contribution in [0.25, 0.3) is 0 Å². The van der Waals surface area contributed by atoms with Crippen LogP contribution in [0.4, 0.5) is 0 Å². The first kappa shape index (κ1) is 13.8. The van der Waals surface area contributed by atoms with E-state index in [9.17, 15) is 9.59 Å². The highest BCUT2D eigenvalue weighted by Gasteiger charge is 2.08. The van der Waals surface area contributed by atoms with Crippen molar-refractivity contribution in [1.29, 1.82) is 0 Å². The maximum atomic E-state index is 10.8. The van der Waals surface area contributed by atoms with Crippen LogP contribution in [0.2, 0.25) is 0 Å². The van der Waals surface area contributed by atoms with Crippen molar-refractivity contribution in [2.24, 2.45) is 11.8 Å². The van der Waals surface area contributed by atoms with Crippen molar-refractivity contribution in [3.63, 3.8) is 0 Å². The van der Waals surface area contributed by atoms with Gasteiger partial charge in [-0.15, -0.1) is 0 Å². The molecule has 2 heteroatoms. The predicted molar refractivity (Wildman–Crippen MR) is 62.6 cm³/mol. The molecule has 0 saturated heterocycles. The summed E-state index contributed by atoms with van der Waals surface area (Å²) in [5.41, 5.74) is 0.747. The summed E-state index contributed by atoms with van der Waals surface area (Å²) in [5.74, 6) is 0.858. The monoisotopic (exact) mass is 208 g/mol. The first-order chi connectivity index (χ1) is 6.97. The van der Waals surface area contributed by atoms with Gasteiger partial charge in [0, 0.05) is 0 Å². The fourth-order valence-corrected chi connectivity index (χ4v) is 1.20. The van der Waals surface area contributed by atoms with Crippen LogP contribution in [0.1, 0.15) is 34.1 Å². The number of aldehydes is 1. The molecule has 0 spiro atoms. The van der Waals surface area contributed by atoms with Crippen molar-refractivity contribution in [2.75, 3.05) is 0 Å². The summed E-state index contributed by atoms with van der Waals surface area (Å²) in [6.45, 7) is 7.55. The average molecular weight is 208 g/mol. The van der Waals surface area contributed by atoms with E-state index in [-0.39, 0.29) is 5.78 Å². The number of rotatable bonds is 6. The molecule has 0 rings (SSSR count). The number of carbonyl (C=O) groups excluding carboxylic acids is 2. The molecule has 0 saturated carbocycles. The Hall–Kier alpha value is -1.18. The number of ketones is 1. The smallest absolute Gasteiger partial charge is 0.152 e. The first-order valence-corrected chi connectivity index (χ1v) is 5.28. The third kappa shape index (κ3) is 6.83. The van der Waals surface area contributed by atoms with Crippen LogP contribution in [0, 0.1) is 11.8 Å². The van der Waals surface area contributed by atoms with E-state index in [0.717, 1.165) is 18.3 Å². The number of carbonyl (C=O) groups is 2. The zero-order valence-electron chi connectivity index (χ0n) is 9.99. The van der Waals surface area contributed by atoms with Gasteiger partial charge in [-0.1, -0.05) is 26.0 Å². The third-order valence-corrected chi connectivity index (χ3v) is 2.33. The van der Waals surface area contributed by atoms with E-state index < -0.39 is 0 Å². The molecule has 0 aliphatic rings. The Morgan fingerprint density at radius 1 is 1.27 bits per heavy atom. The molecule has 0 aromatic rings. The normalized spacial score (nSPS) is 14.6. The van der Waals surface area contributed by atoms with Gasteiger partial charge >= 0.3 is 0 Å². The van der Waals surface area contributed by atoms with Crippen LogP contribution in [0.3, 0.4) is 0 Å². The van der Waals surface area contributed by atoms with Crippen molar-refractivity contribution in [1.82, 2.24) is 0 Å². The van der Waals surface area contributed by atoms with Crippen molar-refractivity contribution in [2.45, 2.75) is 34.1 Å². The van der Waals surface area contributed by atoms with Gasteiger partial charge in [0.1, 0.15) is 6.29 Å². The maximum Gasteiger partial charge on any atom is 0.152 e. The van der Waals surface area contributed by atoms with Crippen LogP contribution < -0.4 is 0 Å². The first-order valence-electron chi connectivity index (χ1n) is 5.28. The zero-order chi connectivity index (χ0) is 11.8. The topological polar surface area (TPSA) is 34.1 Å². The van der Waals surface area contributed by atoms with Crippen LogP contribution in [0.5, 0.6) is 0 Å². The van der Waals surface area contributed by atoms with Crippen molar-refractivity contribution in [3.05, 3.63) is 23.8 Å². The van der Waals surface area contributed by atoms with E-state index in [4.69, 9.17) is 0 Å². The Balaban J connectivity index is 4.42. The standard InChI is InChI=1S/C13H20O2/c1-10(2)13(8-6-12(4)15)7-5-11(3)9-14/h5-6,8-10,13H,7H2,1-4H3. The molecule has 0 radical (unpaired) electrons. The molecule has 15 heavy (non-hydrogen) atoms. The molecule has 0 aromatic carbocycles. The Morgan fingerprint density at radius 3 is 2.27 bits per heavy atom. The van der Waals surface area contributed by atoms with Gasteiger partial charge in [0.15, 0.2) is 5.78 Å². The molecule has 0 amide bonds. The van der Waals surface area contributed by atoms with Crippen LogP contribution in [0.15, 0.2) is 23.8 Å². The molecule has 0 N–H and O–H groups in total. The van der Waals surface area contributed by atoms with Gasteiger partial charge in [-0.05, 0) is 43.8 Å². The fraction of sp³-hybridized carbons (Fsp3) is 0.538. The lowest BCUT2D eigenvalue weighted by Crippen LogP contribution is -2.05. The van der Waals surface area contributed by atoms with Gasteiger partial charge in [-0.2, -0.15) is 0 Å². The Morgan fingerprint density at radius 2 is 1.87 bits per heavy atom. The van der Waals surface area contributed by atoms with Gasteiger partial charge in [-0.25, -0.2) is 0 Å². The third-order valence-electron chi connectivity index (χ3n) is 2.33. The Labute approximate surface area is 92.1 Å². The molecule has 0 aromatic heterocycles. The van der Waals surface area contributed by atoms with Crippen molar-refractivity contribution in [3.8, 4) is 0 Å². The molecule has 2 nitrogen and oxygen atoms in total. The largest absolute Gasteiger partial charge is 0.298 e. The van der Waals surface area contributed by atoms with E-state index >= 15 is 0 Å². The molecule has 84 valence electrons. The summed E-state index contributed by atoms with van der Waals surface area (Å²) in [7, 11) is 0. The second-order valence-corrected chi connectivity index (χ2v) is 4.18. The summed E-state index contributed by atoms with van der Waals surface area (Å²) in [4.78, 5) is 21.2. The summed E-state index contributed by atoms with van der Waals surface area (Å²) in [5, 5.41) is 0. The molecular weight excluding hydrogens is 188 g/mol. The molecule has 1 unspecified atom stereocenters. The van der Waals surface area contributed by atoms with Crippen LogP contribution in [-0.4, -0.2) is 12.1 Å². The van der Waals surface area contributed by atoms with E-state index in [1.807, 2.05) is 12.2 Å². The van der Waals surface area contributed by atoms with Gasteiger partial charge in [0.05, 0.1) is 0 Å². The summed E-state index contributed by atoms with van der Waals surface area (Å²) >= 11 is 0. The van der Waals surface area contributed by atoms with Crippen molar-refractivity contribution < 1.29 is 9.59 Å². The van der Waals surface area contributed by atoms with E-state index in [0.29, 0.717) is 11.8 Å². The lowest BCUT2D eigenvalue weighted by Gasteiger charge is -2.14. The summed E-state index contributed by atoms with van der Waals surface area (Å²) in [6, 6.07) is 0. The lowest BCUT2D eigenvalue weighted by atomic mass is 9.91. The van der Waals surface area contributed by atoms with Gasteiger partial charge in [0.25, 0.3) is 0 Å². The minimum absolute atomic E-state index is 0.0664. The maximum absolute atomic E-state index is 10.8. The highest BCUT2D eigenvalue weighted by atomic mass is 16.1. The Bertz CT molecular complexity index is 272. The molecule has 1 atom stereocenters. The molecule has 0 aliphatic heterocycles. The quantitative estimate of drug-likeness (QED) is 0.497. The van der Waals surface area contributed by atoms with E-state index in [1.165, 1.54) is 0 Å². The Kier molecular flexibility index (Phi) is 6.59. The average Bonchev–Trinajstić information content (AvgIpc) is 2.16. The minimum Gasteiger partial charge on any atom is -0.298 e. The lowest BCUT2D eigenvalue weighted by molar-refractivity contribution is -0.112. The van der Waals surface area contributed by atoms with Gasteiger partial charge in [0.2, 0.25) is 0 Å². The number of hydrogen-bond acceptors (Lipinski definition) is 2. The van der Waals surface area contributed by atoms with E-state index in [2.05, 4.69) is 13.8 Å². The molecule has 0 heterocycles. The second-order valence-electron chi connectivity index (χ2n) is 4.18. The minimum atomic E-state index is 0.0664. The van der Waals surface area contributed by atoms with E-state index in [1.54, 1.807) is 19.9 Å². The highest BCUT2D eigenvalue weighted by Crippen LogP contribution is 2.18. The molecule has 0 bridgehead atoms. The fourth-order valence-electron chi connectivity index (χ4n) is 1.20. The summed E-state index contributed by atoms with van der Waals surface area (Å²) < 4.78 is 0. The molecular formula is C13H20O2. The van der Waals surface area contributed by atoms with Crippen LogP contribution in [-0.2, 0) is 9.59 Å². The number of allylic oxidation sites excluding steroid dienone is 4. The van der Waals surface area contributed by atoms with Gasteiger partial charge in [-0.3, -0.25) is 9.59 Å². The SMILES string of the molecule is CC(=O)C=CC(CC=C(C)C=O)C(C)C. The highest BCUT2D eigenvalue weighted by molar-refractivity contribution is 5.87. The van der Waals surface area contributed by atoms with Gasteiger partial charge < -0.3 is 0 Å². The van der Waals surface area contributed by atoms with Crippen LogP contribution >= 0.6 is 0 Å². The van der Waals surface area contributed by atoms with Crippen molar-refractivity contribution >= 4 is 12.1 Å². The number of hydrogen-bond donors (Lipinski definition) is 0. The molecule has 0 aliphatic carbocycles. The predicted octanol–water partition coefficient (Wildman–Crippen LogP) is 2.94. The second kappa shape index (κ2) is 7.16. The summed E-state index contributed by atoms with van der Waals surface area (Å²) in [6.07, 6.45) is 7.12. The zero-order valence-corrected chi connectivity index (χ0v) is 9.99. The molecule has 0 fully saturated rings.